The van der Waals surface area contributed by atoms with Crippen LogP contribution in [0.1, 0.15) is 21.5 Å². The first kappa shape index (κ1) is 14.3. The molecule has 2 nitrogen and oxygen atoms in total. The van der Waals surface area contributed by atoms with Crippen molar-refractivity contribution in [3.8, 4) is 0 Å². The molecule has 0 atom stereocenters. The Labute approximate surface area is 129 Å². The Bertz CT molecular complexity index is 618. The van der Waals surface area contributed by atoms with Crippen LogP contribution in [0, 0.1) is 13.8 Å². The molecule has 0 saturated heterocycles. The van der Waals surface area contributed by atoms with Gasteiger partial charge in [-0.2, -0.15) is 0 Å². The third-order valence-electron chi connectivity index (χ3n) is 2.82. The molecule has 2 aromatic carbocycles. The Morgan fingerprint density at radius 1 is 1.11 bits per heavy atom. The normalized spacial score (nSPS) is 10.3. The van der Waals surface area contributed by atoms with E-state index >= 15 is 0 Å². The van der Waals surface area contributed by atoms with Gasteiger partial charge in [0.1, 0.15) is 0 Å². The van der Waals surface area contributed by atoms with Crippen molar-refractivity contribution >= 4 is 43.5 Å². The third kappa shape index (κ3) is 3.45. The number of halogens is 2. The van der Waals surface area contributed by atoms with Crippen LogP contribution in [0.5, 0.6) is 0 Å². The molecule has 0 bridgehead atoms. The van der Waals surface area contributed by atoms with E-state index in [0.717, 1.165) is 25.8 Å². The molecule has 0 aliphatic carbocycles. The van der Waals surface area contributed by atoms with Gasteiger partial charge in [-0.3, -0.25) is 4.79 Å². The SMILES string of the molecule is Cc1cc(Br)cc(C(=O)Nc2cccc(Br)c2C)c1. The number of amides is 1. The van der Waals surface area contributed by atoms with Crippen LogP contribution >= 0.6 is 31.9 Å². The van der Waals surface area contributed by atoms with E-state index in [4.69, 9.17) is 0 Å². The van der Waals surface area contributed by atoms with Crippen LogP contribution in [-0.2, 0) is 0 Å². The highest BCUT2D eigenvalue weighted by Gasteiger charge is 2.10. The maximum Gasteiger partial charge on any atom is 0.255 e. The molecule has 0 heterocycles. The summed E-state index contributed by atoms with van der Waals surface area (Å²) in [5, 5.41) is 2.93. The van der Waals surface area contributed by atoms with Gasteiger partial charge in [0.15, 0.2) is 0 Å². The fourth-order valence-electron chi connectivity index (χ4n) is 1.80. The summed E-state index contributed by atoms with van der Waals surface area (Å²) >= 11 is 6.86. The van der Waals surface area contributed by atoms with E-state index < -0.39 is 0 Å². The second-order valence-electron chi connectivity index (χ2n) is 4.38. The minimum absolute atomic E-state index is 0.106. The smallest absolute Gasteiger partial charge is 0.255 e. The van der Waals surface area contributed by atoms with Crippen molar-refractivity contribution in [2.45, 2.75) is 13.8 Å². The number of hydrogen-bond donors (Lipinski definition) is 1. The zero-order valence-corrected chi connectivity index (χ0v) is 13.8. The molecule has 2 rings (SSSR count). The molecule has 0 fully saturated rings. The average molecular weight is 383 g/mol. The summed E-state index contributed by atoms with van der Waals surface area (Å²) < 4.78 is 1.89. The van der Waals surface area contributed by atoms with Crippen LogP contribution in [0.3, 0.4) is 0 Å². The van der Waals surface area contributed by atoms with Crippen LogP contribution in [0.25, 0.3) is 0 Å². The van der Waals surface area contributed by atoms with Crippen molar-refractivity contribution in [2.75, 3.05) is 5.32 Å². The zero-order chi connectivity index (χ0) is 14.0. The standard InChI is InChI=1S/C15H13Br2NO/c1-9-6-11(8-12(16)7-9)15(19)18-14-5-3-4-13(17)10(14)2/h3-8H,1-2H3,(H,18,19). The van der Waals surface area contributed by atoms with Gasteiger partial charge in [-0.15, -0.1) is 0 Å². The second-order valence-corrected chi connectivity index (χ2v) is 6.15. The van der Waals surface area contributed by atoms with Gasteiger partial charge in [-0.25, -0.2) is 0 Å². The Balaban J connectivity index is 2.28. The number of carbonyl (C=O) groups is 1. The van der Waals surface area contributed by atoms with Crippen molar-refractivity contribution in [3.63, 3.8) is 0 Å². The molecule has 19 heavy (non-hydrogen) atoms. The highest BCUT2D eigenvalue weighted by Crippen LogP contribution is 2.24. The molecular formula is C15H13Br2NO. The lowest BCUT2D eigenvalue weighted by Gasteiger charge is -2.10. The average Bonchev–Trinajstić information content (AvgIpc) is 2.33. The van der Waals surface area contributed by atoms with Crippen molar-refractivity contribution < 1.29 is 4.79 Å². The third-order valence-corrected chi connectivity index (χ3v) is 4.14. The van der Waals surface area contributed by atoms with Crippen molar-refractivity contribution in [2.24, 2.45) is 0 Å². The molecule has 0 aliphatic rings. The van der Waals surface area contributed by atoms with Gasteiger partial charge in [-0.05, 0) is 55.3 Å². The highest BCUT2D eigenvalue weighted by atomic mass is 79.9. The molecular weight excluding hydrogens is 370 g/mol. The summed E-state index contributed by atoms with van der Waals surface area (Å²) in [4.78, 5) is 12.2. The maximum absolute atomic E-state index is 12.2. The fraction of sp³-hybridized carbons (Fsp3) is 0.133. The summed E-state index contributed by atoms with van der Waals surface area (Å²) in [6, 6.07) is 11.4. The van der Waals surface area contributed by atoms with E-state index in [0.29, 0.717) is 5.56 Å². The predicted molar refractivity (Wildman–Crippen MR) is 85.7 cm³/mol. The minimum atomic E-state index is -0.106. The number of anilines is 1. The first-order valence-corrected chi connectivity index (χ1v) is 7.39. The molecule has 0 unspecified atom stereocenters. The lowest BCUT2D eigenvalue weighted by molar-refractivity contribution is 0.102. The molecule has 98 valence electrons. The lowest BCUT2D eigenvalue weighted by atomic mass is 10.1. The number of aryl methyl sites for hydroxylation is 1. The number of rotatable bonds is 2. The van der Waals surface area contributed by atoms with E-state index in [1.54, 1.807) is 0 Å². The van der Waals surface area contributed by atoms with E-state index in [9.17, 15) is 4.79 Å². The maximum atomic E-state index is 12.2. The Morgan fingerprint density at radius 3 is 2.53 bits per heavy atom. The molecule has 0 spiro atoms. The second kappa shape index (κ2) is 5.88. The Hall–Kier alpha value is -1.13. The van der Waals surface area contributed by atoms with Crippen LogP contribution in [0.2, 0.25) is 0 Å². The Kier molecular flexibility index (Phi) is 4.42. The number of benzene rings is 2. The minimum Gasteiger partial charge on any atom is -0.322 e. The number of nitrogens with one attached hydrogen (secondary N) is 1. The summed E-state index contributed by atoms with van der Waals surface area (Å²) in [6.07, 6.45) is 0. The van der Waals surface area contributed by atoms with Gasteiger partial charge >= 0.3 is 0 Å². The summed E-state index contributed by atoms with van der Waals surface area (Å²) in [5.41, 5.74) is 3.52. The van der Waals surface area contributed by atoms with Crippen molar-refractivity contribution in [1.29, 1.82) is 0 Å². The Morgan fingerprint density at radius 2 is 1.84 bits per heavy atom. The van der Waals surface area contributed by atoms with E-state index in [2.05, 4.69) is 37.2 Å². The van der Waals surface area contributed by atoms with Gasteiger partial charge in [0.05, 0.1) is 0 Å². The molecule has 1 N–H and O–H groups in total. The topological polar surface area (TPSA) is 29.1 Å². The summed E-state index contributed by atoms with van der Waals surface area (Å²) in [5.74, 6) is -0.106. The number of carbonyl (C=O) groups excluding carboxylic acids is 1. The molecule has 1 amide bonds. The first-order chi connectivity index (χ1) is 8.97. The van der Waals surface area contributed by atoms with E-state index in [-0.39, 0.29) is 5.91 Å². The van der Waals surface area contributed by atoms with Gasteiger partial charge in [0.2, 0.25) is 0 Å². The zero-order valence-electron chi connectivity index (χ0n) is 10.6. The van der Waals surface area contributed by atoms with Gasteiger partial charge in [-0.1, -0.05) is 37.9 Å². The quantitative estimate of drug-likeness (QED) is 0.770. The van der Waals surface area contributed by atoms with E-state index in [1.165, 1.54) is 0 Å². The molecule has 0 saturated carbocycles. The molecule has 0 aromatic heterocycles. The van der Waals surface area contributed by atoms with E-state index in [1.807, 2.05) is 50.2 Å². The van der Waals surface area contributed by atoms with Crippen LogP contribution in [-0.4, -0.2) is 5.91 Å². The first-order valence-electron chi connectivity index (χ1n) is 5.81. The molecule has 0 radical (unpaired) electrons. The largest absolute Gasteiger partial charge is 0.322 e. The van der Waals surface area contributed by atoms with Crippen LogP contribution < -0.4 is 5.32 Å². The monoisotopic (exact) mass is 381 g/mol. The van der Waals surface area contributed by atoms with Gasteiger partial charge in [0, 0.05) is 20.2 Å². The highest BCUT2D eigenvalue weighted by molar-refractivity contribution is 9.10. The van der Waals surface area contributed by atoms with Crippen LogP contribution in [0.15, 0.2) is 45.3 Å². The van der Waals surface area contributed by atoms with Crippen LogP contribution in [0.4, 0.5) is 5.69 Å². The fourth-order valence-corrected chi connectivity index (χ4v) is 2.78. The van der Waals surface area contributed by atoms with Crippen molar-refractivity contribution in [1.82, 2.24) is 0 Å². The number of hydrogen-bond acceptors (Lipinski definition) is 1. The summed E-state index contributed by atoms with van der Waals surface area (Å²) in [6.45, 7) is 3.93. The molecule has 2 aromatic rings. The van der Waals surface area contributed by atoms with Gasteiger partial charge < -0.3 is 5.32 Å². The lowest BCUT2D eigenvalue weighted by Crippen LogP contribution is -2.13. The summed E-state index contributed by atoms with van der Waals surface area (Å²) in [7, 11) is 0. The van der Waals surface area contributed by atoms with Crippen molar-refractivity contribution in [3.05, 3.63) is 62.0 Å². The van der Waals surface area contributed by atoms with Gasteiger partial charge in [0.25, 0.3) is 5.91 Å². The molecule has 0 aliphatic heterocycles. The molecule has 4 heteroatoms. The predicted octanol–water partition coefficient (Wildman–Crippen LogP) is 5.08.